The monoisotopic (exact) mass is 997 g/mol. The first kappa shape index (κ1) is 50.1. The van der Waals surface area contributed by atoms with E-state index in [1.807, 2.05) is 97.1 Å². The molecule has 71 heavy (non-hydrogen) atoms. The fraction of sp³-hybridized carbons (Fsp3) is 0.368. The molecule has 2 unspecified atom stereocenters. The van der Waals surface area contributed by atoms with Crippen LogP contribution in [0, 0.1) is 6.92 Å². The predicted molar refractivity (Wildman–Crippen MR) is 287 cm³/mol. The zero-order chi connectivity index (χ0) is 49.3. The van der Waals surface area contributed by atoms with Gasteiger partial charge in [-0.25, -0.2) is 9.97 Å². The Kier molecular flexibility index (Phi) is 16.3. The molecular formula is C57H67Cl2N8O4+. The van der Waals surface area contributed by atoms with Crippen molar-refractivity contribution in [1.82, 2.24) is 34.6 Å². The summed E-state index contributed by atoms with van der Waals surface area (Å²) in [7, 11) is 7.79. The molecule has 0 spiro atoms. The van der Waals surface area contributed by atoms with E-state index in [1.165, 1.54) is 0 Å². The van der Waals surface area contributed by atoms with Crippen LogP contribution < -0.4 is 18.9 Å². The predicted octanol–water partition coefficient (Wildman–Crippen LogP) is 11.5. The second kappa shape index (κ2) is 23.1. The van der Waals surface area contributed by atoms with Gasteiger partial charge in [0.1, 0.15) is 34.6 Å². The number of hydrogen-bond donors (Lipinski definition) is 2. The number of methoxy groups -OCH3 is 2. The quantitative estimate of drug-likeness (QED) is 0.0642. The minimum absolute atomic E-state index is 0.118. The van der Waals surface area contributed by atoms with Crippen molar-refractivity contribution < 1.29 is 23.4 Å². The fourth-order valence-electron chi connectivity index (χ4n) is 10.1. The van der Waals surface area contributed by atoms with Gasteiger partial charge in [0.25, 0.3) is 0 Å². The lowest BCUT2D eigenvalue weighted by atomic mass is 10.0. The van der Waals surface area contributed by atoms with Crippen molar-refractivity contribution in [2.24, 2.45) is 0 Å². The average molecular weight is 999 g/mol. The Bertz CT molecular complexity index is 2810. The molecule has 0 amide bonds. The zero-order valence-electron chi connectivity index (χ0n) is 41.7. The van der Waals surface area contributed by atoms with Gasteiger partial charge in [-0.1, -0.05) is 77.8 Å². The molecule has 0 bridgehead atoms. The molecule has 2 aliphatic rings. The first-order valence-electron chi connectivity index (χ1n) is 24.9. The van der Waals surface area contributed by atoms with Crippen molar-refractivity contribution in [2.45, 2.75) is 38.8 Å². The number of aryl methyl sites for hydroxylation is 1. The number of nitrogens with one attached hydrogen (secondary N) is 2. The van der Waals surface area contributed by atoms with Crippen molar-refractivity contribution in [3.63, 3.8) is 0 Å². The maximum absolute atomic E-state index is 7.26. The Balaban J connectivity index is 0.939. The first-order chi connectivity index (χ1) is 34.6. The molecule has 7 aromatic rings. The smallest absolute Gasteiger partial charge is 0.235 e. The van der Waals surface area contributed by atoms with E-state index in [1.54, 1.807) is 14.2 Å². The molecule has 0 radical (unpaired) electrons. The summed E-state index contributed by atoms with van der Waals surface area (Å²) in [4.78, 5) is 24.7. The van der Waals surface area contributed by atoms with Gasteiger partial charge in [0.05, 0.1) is 74.0 Å². The van der Waals surface area contributed by atoms with Crippen LogP contribution in [-0.4, -0.2) is 146 Å². The largest absolute Gasteiger partial charge is 0.497 e. The van der Waals surface area contributed by atoms with Crippen LogP contribution >= 0.6 is 23.2 Å². The molecule has 0 aliphatic carbocycles. The maximum Gasteiger partial charge on any atom is 0.235 e. The van der Waals surface area contributed by atoms with Crippen molar-refractivity contribution in [1.29, 1.82) is 0 Å². The van der Waals surface area contributed by atoms with Crippen molar-refractivity contribution >= 4 is 23.2 Å². The van der Waals surface area contributed by atoms with Crippen LogP contribution in [-0.2, 0) is 0 Å². The Labute approximate surface area is 429 Å². The first-order valence-corrected chi connectivity index (χ1v) is 25.7. The second-order valence-electron chi connectivity index (χ2n) is 19.1. The number of aromatic nitrogens is 4. The summed E-state index contributed by atoms with van der Waals surface area (Å²) in [5.74, 6) is 4.34. The molecular weight excluding hydrogens is 932 g/mol. The van der Waals surface area contributed by atoms with Crippen molar-refractivity contribution in [3.8, 4) is 79.5 Å². The SMILES string of the molecule is COc1cccc(-c2nc(-c3ccc(OCCC[N+]4(C(CCN5CCCN(C)CC5)Oc5ccc(-c6nc(-c7ccccc7)c(C)[nH]6)cc5Cl)CCCN(C)CC4)cc3Cl)[nH]c2-c2cccc(OC)c2)c1. The number of rotatable bonds is 18. The highest BCUT2D eigenvalue weighted by Gasteiger charge is 2.40. The lowest BCUT2D eigenvalue weighted by Gasteiger charge is -2.44. The summed E-state index contributed by atoms with van der Waals surface area (Å²) >= 11 is 14.3. The van der Waals surface area contributed by atoms with Gasteiger partial charge in [-0.3, -0.25) is 4.48 Å². The van der Waals surface area contributed by atoms with Crippen LogP contribution in [0.15, 0.2) is 115 Å². The number of H-pyrrole nitrogens is 2. The molecule has 2 aliphatic heterocycles. The lowest BCUT2D eigenvalue weighted by Crippen LogP contribution is -2.60. The van der Waals surface area contributed by atoms with Gasteiger partial charge in [0.2, 0.25) is 6.23 Å². The standard InChI is InChI=1S/C57H67Cl2N8O4/c1-40-53(41-14-7-6-8-15-41)61-56(60-40)44-20-23-51(50(59)38-44)71-52(24-28-66-27-11-25-64(2)29-30-66)67(32-12-26-65(3)31-34-67)33-13-35-70-47-21-22-48(49(58)39-47)57-62-54(42-16-9-18-45(36-42)68-4)55(63-57)43-17-10-19-46(37-43)69-5/h6-10,14-23,36-39,52H,11-13,24-35H2,1-5H3,(H,60,61)(H,62,63)/q+1. The number of aromatic amines is 2. The molecule has 4 heterocycles. The van der Waals surface area contributed by atoms with Gasteiger partial charge in [0.15, 0.2) is 0 Å². The Hall–Kier alpha value is -5.86. The third-order valence-corrected chi connectivity index (χ3v) is 14.8. The van der Waals surface area contributed by atoms with Crippen molar-refractivity contribution in [2.75, 3.05) is 100 Å². The number of hydrogen-bond acceptors (Lipinski definition) is 9. The number of likely N-dealkylation sites (N-methyl/N-ethyl adjacent to an activating group) is 2. The summed E-state index contributed by atoms with van der Waals surface area (Å²) in [6, 6.07) is 38.1. The molecule has 12 nitrogen and oxygen atoms in total. The molecule has 2 aromatic heterocycles. The Morgan fingerprint density at radius 1 is 0.634 bits per heavy atom. The number of halogens is 2. The molecule has 2 atom stereocenters. The molecule has 2 fully saturated rings. The highest BCUT2D eigenvalue weighted by atomic mass is 35.5. The number of ether oxygens (including phenoxy) is 4. The third kappa shape index (κ3) is 12.1. The van der Waals surface area contributed by atoms with Gasteiger partial charge in [0, 0.05) is 79.1 Å². The van der Waals surface area contributed by atoms with E-state index in [4.69, 9.17) is 52.1 Å². The van der Waals surface area contributed by atoms with Crippen LogP contribution in [0.25, 0.3) is 56.5 Å². The van der Waals surface area contributed by atoms with E-state index in [0.29, 0.717) is 34.0 Å². The summed E-state index contributed by atoms with van der Waals surface area (Å²) < 4.78 is 25.8. The van der Waals surface area contributed by atoms with Crippen LogP contribution in [0.2, 0.25) is 10.0 Å². The Morgan fingerprint density at radius 2 is 1.37 bits per heavy atom. The molecule has 372 valence electrons. The van der Waals surface area contributed by atoms with Crippen LogP contribution in [0.5, 0.6) is 23.0 Å². The topological polar surface area (TPSA) is 104 Å². The highest BCUT2D eigenvalue weighted by Crippen LogP contribution is 2.39. The van der Waals surface area contributed by atoms with E-state index in [2.05, 4.69) is 63.9 Å². The van der Waals surface area contributed by atoms with E-state index in [-0.39, 0.29) is 6.23 Å². The van der Waals surface area contributed by atoms with Gasteiger partial charge < -0.3 is 43.6 Å². The van der Waals surface area contributed by atoms with E-state index in [9.17, 15) is 0 Å². The molecule has 14 heteroatoms. The number of nitrogens with zero attached hydrogens (tertiary/aromatic N) is 6. The van der Waals surface area contributed by atoms with Crippen molar-refractivity contribution in [3.05, 3.63) is 131 Å². The average Bonchev–Trinajstić information content (AvgIpc) is 3.88. The summed E-state index contributed by atoms with van der Waals surface area (Å²) in [6.07, 6.45) is 3.83. The van der Waals surface area contributed by atoms with Gasteiger partial charge in [-0.15, -0.1) is 0 Å². The van der Waals surface area contributed by atoms with Crippen LogP contribution in [0.3, 0.4) is 0 Å². The molecule has 2 saturated heterocycles. The number of imidazole rings is 2. The Morgan fingerprint density at radius 3 is 2.14 bits per heavy atom. The molecule has 5 aromatic carbocycles. The molecule has 2 N–H and O–H groups in total. The minimum atomic E-state index is -0.118. The minimum Gasteiger partial charge on any atom is -0.497 e. The zero-order valence-corrected chi connectivity index (χ0v) is 43.2. The highest BCUT2D eigenvalue weighted by molar-refractivity contribution is 6.33. The summed E-state index contributed by atoms with van der Waals surface area (Å²) in [6.45, 7) is 12.8. The number of benzene rings is 5. The molecule has 0 saturated carbocycles. The summed E-state index contributed by atoms with van der Waals surface area (Å²) in [5, 5.41) is 1.12. The van der Waals surface area contributed by atoms with E-state index in [0.717, 1.165) is 164 Å². The summed E-state index contributed by atoms with van der Waals surface area (Å²) in [5.41, 5.74) is 8.20. The van der Waals surface area contributed by atoms with Crippen LogP contribution in [0.4, 0.5) is 0 Å². The van der Waals surface area contributed by atoms with E-state index >= 15 is 0 Å². The second-order valence-corrected chi connectivity index (χ2v) is 19.9. The lowest BCUT2D eigenvalue weighted by molar-refractivity contribution is -0.966. The van der Waals surface area contributed by atoms with E-state index < -0.39 is 0 Å². The van der Waals surface area contributed by atoms with Gasteiger partial charge >= 0.3 is 0 Å². The van der Waals surface area contributed by atoms with Gasteiger partial charge in [-0.2, -0.15) is 0 Å². The fourth-order valence-corrected chi connectivity index (χ4v) is 10.6. The third-order valence-electron chi connectivity index (χ3n) is 14.2. The van der Waals surface area contributed by atoms with Gasteiger partial charge in [-0.05, 0) is 101 Å². The van der Waals surface area contributed by atoms with Crippen LogP contribution in [0.1, 0.15) is 31.4 Å². The normalized spacial score (nSPS) is 17.6. The number of quaternary nitrogens is 1. The molecule has 9 rings (SSSR count). The maximum atomic E-state index is 7.26.